The normalized spacial score (nSPS) is 16.8. The Hall–Kier alpha value is -2.30. The smallest absolute Gasteiger partial charge is 0.254 e. The van der Waals surface area contributed by atoms with Gasteiger partial charge in [0.15, 0.2) is 11.5 Å². The van der Waals surface area contributed by atoms with Crippen LogP contribution in [0.25, 0.3) is 11.3 Å². The van der Waals surface area contributed by atoms with Crippen LogP contribution in [0, 0.1) is 6.92 Å². The van der Waals surface area contributed by atoms with Gasteiger partial charge in [-0.1, -0.05) is 0 Å². The van der Waals surface area contributed by atoms with Gasteiger partial charge < -0.3 is 14.5 Å². The molecule has 0 saturated heterocycles. The van der Waals surface area contributed by atoms with Crippen molar-refractivity contribution in [3.8, 4) is 22.8 Å². The lowest BCUT2D eigenvalue weighted by atomic mass is 10.1. The van der Waals surface area contributed by atoms with Crippen LogP contribution in [0.4, 0.5) is 0 Å². The van der Waals surface area contributed by atoms with Crippen molar-refractivity contribution in [3.05, 3.63) is 39.9 Å². The Labute approximate surface area is 121 Å². The molecule has 1 aliphatic heterocycles. The molecule has 0 radical (unpaired) electrons. The number of fused-ring (bicyclic) bond motifs is 1. The van der Waals surface area contributed by atoms with Crippen molar-refractivity contribution in [3.63, 3.8) is 0 Å². The average molecular weight is 284 g/mol. The highest BCUT2D eigenvalue weighted by Gasteiger charge is 2.27. The summed E-state index contributed by atoms with van der Waals surface area (Å²) < 4.78 is 11.1. The van der Waals surface area contributed by atoms with Crippen LogP contribution >= 0.6 is 0 Å². The first-order valence-corrected chi connectivity index (χ1v) is 7.23. The lowest BCUT2D eigenvalue weighted by molar-refractivity contribution is 0.171. The molecule has 2 aromatic rings. The summed E-state index contributed by atoms with van der Waals surface area (Å²) in [5.41, 5.74) is 2.20. The molecule has 0 unspecified atom stereocenters. The Morgan fingerprint density at radius 2 is 1.95 bits per heavy atom. The molecule has 21 heavy (non-hydrogen) atoms. The minimum absolute atomic E-state index is 0.0585. The van der Waals surface area contributed by atoms with Crippen molar-refractivity contribution in [2.24, 2.45) is 0 Å². The number of H-pyrrole nitrogens is 1. The van der Waals surface area contributed by atoms with E-state index in [9.17, 15) is 4.79 Å². The molecular weight excluding hydrogens is 268 g/mol. The van der Waals surface area contributed by atoms with E-state index in [0.29, 0.717) is 30.4 Å². The molecule has 1 N–H and O–H groups in total. The zero-order chi connectivity index (χ0) is 14.4. The molecule has 1 aliphatic carbocycles. The SMILES string of the molecule is Cc1c(-c2ccc3c(c2)OCCO3)nc(C2CC2)[nH]c1=O. The predicted molar refractivity (Wildman–Crippen MR) is 78.0 cm³/mol. The first kappa shape index (κ1) is 12.4. The van der Waals surface area contributed by atoms with Crippen molar-refractivity contribution in [2.45, 2.75) is 25.7 Å². The molecule has 0 amide bonds. The third-order valence-corrected chi connectivity index (χ3v) is 3.95. The maximum absolute atomic E-state index is 12.1. The fourth-order valence-electron chi connectivity index (χ4n) is 2.57. The van der Waals surface area contributed by atoms with Crippen LogP contribution in [0.3, 0.4) is 0 Å². The van der Waals surface area contributed by atoms with E-state index in [2.05, 4.69) is 9.97 Å². The molecule has 4 rings (SSSR count). The Morgan fingerprint density at radius 1 is 1.19 bits per heavy atom. The number of hydrogen-bond acceptors (Lipinski definition) is 4. The zero-order valence-electron chi connectivity index (χ0n) is 11.8. The molecule has 1 aromatic carbocycles. The molecule has 1 fully saturated rings. The molecule has 1 aromatic heterocycles. The molecular formula is C16H16N2O3. The van der Waals surface area contributed by atoms with Gasteiger partial charge in [-0.3, -0.25) is 4.79 Å². The fraction of sp³-hybridized carbons (Fsp3) is 0.375. The van der Waals surface area contributed by atoms with Crippen LogP contribution in [-0.2, 0) is 0 Å². The van der Waals surface area contributed by atoms with Crippen molar-refractivity contribution in [1.29, 1.82) is 0 Å². The first-order chi connectivity index (χ1) is 10.2. The van der Waals surface area contributed by atoms with Crippen molar-refractivity contribution < 1.29 is 9.47 Å². The summed E-state index contributed by atoms with van der Waals surface area (Å²) >= 11 is 0. The summed E-state index contributed by atoms with van der Waals surface area (Å²) in [5, 5.41) is 0. The Bertz CT molecular complexity index is 763. The van der Waals surface area contributed by atoms with Gasteiger partial charge in [0.2, 0.25) is 0 Å². The van der Waals surface area contributed by atoms with Gasteiger partial charge in [0.25, 0.3) is 5.56 Å². The van der Waals surface area contributed by atoms with E-state index in [4.69, 9.17) is 9.47 Å². The number of nitrogens with one attached hydrogen (secondary N) is 1. The van der Waals surface area contributed by atoms with E-state index in [0.717, 1.165) is 35.7 Å². The standard InChI is InChI=1S/C16H16N2O3/c1-9-14(17-15(10-2-3-10)18-16(9)19)11-4-5-12-13(8-11)21-7-6-20-12/h4-5,8,10H,2-3,6-7H2,1H3,(H,17,18,19). The van der Waals surface area contributed by atoms with Gasteiger partial charge in [-0.2, -0.15) is 0 Å². The lowest BCUT2D eigenvalue weighted by Crippen LogP contribution is -2.17. The highest BCUT2D eigenvalue weighted by atomic mass is 16.6. The molecule has 5 heteroatoms. The summed E-state index contributed by atoms with van der Waals surface area (Å²) in [4.78, 5) is 19.7. The van der Waals surface area contributed by atoms with E-state index in [-0.39, 0.29) is 5.56 Å². The van der Waals surface area contributed by atoms with E-state index in [1.165, 1.54) is 0 Å². The van der Waals surface area contributed by atoms with Gasteiger partial charge in [0.05, 0.1) is 5.69 Å². The lowest BCUT2D eigenvalue weighted by Gasteiger charge is -2.19. The van der Waals surface area contributed by atoms with Crippen LogP contribution < -0.4 is 15.0 Å². The number of hydrogen-bond donors (Lipinski definition) is 1. The van der Waals surface area contributed by atoms with Crippen LogP contribution in [-0.4, -0.2) is 23.2 Å². The van der Waals surface area contributed by atoms with Gasteiger partial charge in [0, 0.05) is 17.0 Å². The van der Waals surface area contributed by atoms with Gasteiger partial charge in [-0.15, -0.1) is 0 Å². The van der Waals surface area contributed by atoms with E-state index in [1.54, 1.807) is 6.92 Å². The second kappa shape index (κ2) is 4.62. The minimum Gasteiger partial charge on any atom is -0.486 e. The molecule has 0 atom stereocenters. The van der Waals surface area contributed by atoms with E-state index >= 15 is 0 Å². The molecule has 0 bridgehead atoms. The molecule has 108 valence electrons. The topological polar surface area (TPSA) is 64.2 Å². The monoisotopic (exact) mass is 284 g/mol. The highest BCUT2D eigenvalue weighted by Crippen LogP contribution is 2.39. The quantitative estimate of drug-likeness (QED) is 0.919. The van der Waals surface area contributed by atoms with Gasteiger partial charge >= 0.3 is 0 Å². The highest BCUT2D eigenvalue weighted by molar-refractivity contribution is 5.66. The summed E-state index contributed by atoms with van der Waals surface area (Å²) in [6, 6.07) is 5.71. The summed E-state index contributed by atoms with van der Waals surface area (Å²) in [6.45, 7) is 2.92. The Balaban J connectivity index is 1.84. The second-order valence-electron chi connectivity index (χ2n) is 5.56. The van der Waals surface area contributed by atoms with Crippen molar-refractivity contribution >= 4 is 0 Å². The molecule has 2 aliphatic rings. The third-order valence-electron chi connectivity index (χ3n) is 3.95. The Morgan fingerprint density at radius 3 is 2.71 bits per heavy atom. The molecule has 0 spiro atoms. The maximum atomic E-state index is 12.1. The maximum Gasteiger partial charge on any atom is 0.254 e. The number of nitrogens with zero attached hydrogens (tertiary/aromatic N) is 1. The minimum atomic E-state index is -0.0585. The molecule has 2 heterocycles. The first-order valence-electron chi connectivity index (χ1n) is 7.23. The second-order valence-corrected chi connectivity index (χ2v) is 5.56. The van der Waals surface area contributed by atoms with Crippen molar-refractivity contribution in [1.82, 2.24) is 9.97 Å². The molecule has 1 saturated carbocycles. The summed E-state index contributed by atoms with van der Waals surface area (Å²) in [5.74, 6) is 2.67. The largest absolute Gasteiger partial charge is 0.486 e. The number of benzene rings is 1. The zero-order valence-corrected chi connectivity index (χ0v) is 11.8. The number of aromatic nitrogens is 2. The number of aromatic amines is 1. The fourth-order valence-corrected chi connectivity index (χ4v) is 2.57. The van der Waals surface area contributed by atoms with E-state index < -0.39 is 0 Å². The summed E-state index contributed by atoms with van der Waals surface area (Å²) in [6.07, 6.45) is 2.21. The summed E-state index contributed by atoms with van der Waals surface area (Å²) in [7, 11) is 0. The Kier molecular flexibility index (Phi) is 2.74. The van der Waals surface area contributed by atoms with Crippen LogP contribution in [0.2, 0.25) is 0 Å². The van der Waals surface area contributed by atoms with Crippen LogP contribution in [0.5, 0.6) is 11.5 Å². The van der Waals surface area contributed by atoms with Gasteiger partial charge in [0.1, 0.15) is 19.0 Å². The van der Waals surface area contributed by atoms with Crippen molar-refractivity contribution in [2.75, 3.05) is 13.2 Å². The number of ether oxygens (including phenoxy) is 2. The van der Waals surface area contributed by atoms with Gasteiger partial charge in [-0.05, 0) is 38.0 Å². The van der Waals surface area contributed by atoms with Crippen LogP contribution in [0.15, 0.2) is 23.0 Å². The van der Waals surface area contributed by atoms with Crippen LogP contribution in [0.1, 0.15) is 30.1 Å². The van der Waals surface area contributed by atoms with E-state index in [1.807, 2.05) is 18.2 Å². The average Bonchev–Trinajstić information content (AvgIpc) is 3.34. The van der Waals surface area contributed by atoms with Gasteiger partial charge in [-0.25, -0.2) is 4.98 Å². The third kappa shape index (κ3) is 2.18. The predicted octanol–water partition coefficient (Wildman–Crippen LogP) is 2.39. The number of rotatable bonds is 2. The molecule has 5 nitrogen and oxygen atoms in total.